The van der Waals surface area contributed by atoms with Crippen LogP contribution in [0.25, 0.3) is 0 Å². The van der Waals surface area contributed by atoms with Gasteiger partial charge in [0.1, 0.15) is 0 Å². The van der Waals surface area contributed by atoms with Gasteiger partial charge < -0.3 is 10.1 Å². The second kappa shape index (κ2) is 7.90. The minimum Gasteiger partial charge on any atom is -0.383 e. The zero-order valence-electron chi connectivity index (χ0n) is 13.6. The highest BCUT2D eigenvalue weighted by atomic mass is 32.2. The summed E-state index contributed by atoms with van der Waals surface area (Å²) < 4.78 is 31.7. The second-order valence-corrected chi connectivity index (χ2v) is 7.82. The summed E-state index contributed by atoms with van der Waals surface area (Å²) in [6.45, 7) is 2.98. The van der Waals surface area contributed by atoms with Gasteiger partial charge in [-0.1, -0.05) is 18.2 Å². The van der Waals surface area contributed by atoms with Crippen molar-refractivity contribution in [2.75, 3.05) is 26.8 Å². The van der Waals surface area contributed by atoms with Crippen LogP contribution in [0.4, 0.5) is 0 Å². The number of sulfonamides is 1. The maximum atomic E-state index is 12.7. The van der Waals surface area contributed by atoms with Crippen LogP contribution in [0.2, 0.25) is 0 Å². The van der Waals surface area contributed by atoms with Crippen molar-refractivity contribution < 1.29 is 17.9 Å². The second-order valence-electron chi connectivity index (χ2n) is 5.88. The Balaban J connectivity index is 2.05. The van der Waals surface area contributed by atoms with Gasteiger partial charge >= 0.3 is 0 Å². The zero-order chi connectivity index (χ0) is 16.9. The number of amides is 1. The van der Waals surface area contributed by atoms with E-state index in [2.05, 4.69) is 5.32 Å². The van der Waals surface area contributed by atoms with Gasteiger partial charge in [0.2, 0.25) is 15.9 Å². The highest BCUT2D eigenvalue weighted by Gasteiger charge is 2.33. The van der Waals surface area contributed by atoms with E-state index in [-0.39, 0.29) is 29.3 Å². The highest BCUT2D eigenvalue weighted by molar-refractivity contribution is 7.89. The summed E-state index contributed by atoms with van der Waals surface area (Å²) in [5.41, 5.74) is 0. The van der Waals surface area contributed by atoms with E-state index in [9.17, 15) is 13.2 Å². The summed E-state index contributed by atoms with van der Waals surface area (Å²) in [4.78, 5) is 12.6. The lowest BCUT2D eigenvalue weighted by atomic mass is 9.98. The van der Waals surface area contributed by atoms with E-state index in [1.165, 1.54) is 4.31 Å². The van der Waals surface area contributed by atoms with Crippen molar-refractivity contribution in [1.29, 1.82) is 0 Å². The molecule has 1 N–H and O–H groups in total. The summed E-state index contributed by atoms with van der Waals surface area (Å²) >= 11 is 0. The van der Waals surface area contributed by atoms with Crippen LogP contribution in [0.3, 0.4) is 0 Å². The molecular weight excluding hydrogens is 316 g/mol. The predicted molar refractivity (Wildman–Crippen MR) is 87.4 cm³/mol. The van der Waals surface area contributed by atoms with Crippen molar-refractivity contribution in [3.63, 3.8) is 0 Å². The largest absolute Gasteiger partial charge is 0.383 e. The van der Waals surface area contributed by atoms with Crippen molar-refractivity contribution in [1.82, 2.24) is 9.62 Å². The van der Waals surface area contributed by atoms with Crippen LogP contribution >= 0.6 is 0 Å². The standard InChI is InChI=1S/C16H24N2O4S/c1-13(12-22-2)17-16(19)14-7-6-10-18(11-14)23(20,21)15-8-4-3-5-9-15/h3-5,8-9,13-14H,6-7,10-12H2,1-2H3,(H,17,19). The molecule has 1 fully saturated rings. The Labute approximate surface area is 137 Å². The summed E-state index contributed by atoms with van der Waals surface area (Å²) in [5.74, 6) is -0.427. The number of carbonyl (C=O) groups excluding carboxylic acids is 1. The molecule has 1 saturated heterocycles. The van der Waals surface area contributed by atoms with E-state index >= 15 is 0 Å². The molecule has 2 unspecified atom stereocenters. The van der Waals surface area contributed by atoms with Crippen molar-refractivity contribution in [3.8, 4) is 0 Å². The van der Waals surface area contributed by atoms with Gasteiger partial charge in [0.15, 0.2) is 0 Å². The third-order valence-electron chi connectivity index (χ3n) is 3.94. The number of nitrogens with zero attached hydrogens (tertiary/aromatic N) is 1. The Bertz CT molecular complexity index is 618. The highest BCUT2D eigenvalue weighted by Crippen LogP contribution is 2.23. The number of hydrogen-bond donors (Lipinski definition) is 1. The molecule has 1 amide bonds. The van der Waals surface area contributed by atoms with Crippen LogP contribution in [-0.4, -0.2) is 51.5 Å². The topological polar surface area (TPSA) is 75.7 Å². The van der Waals surface area contributed by atoms with E-state index in [1.54, 1.807) is 37.4 Å². The first-order valence-corrected chi connectivity index (χ1v) is 9.23. The SMILES string of the molecule is COCC(C)NC(=O)C1CCCN(S(=O)(=O)c2ccccc2)C1. The van der Waals surface area contributed by atoms with Gasteiger partial charge in [0.25, 0.3) is 0 Å². The van der Waals surface area contributed by atoms with Gasteiger partial charge in [-0.25, -0.2) is 8.42 Å². The molecule has 6 nitrogen and oxygen atoms in total. The number of hydrogen-bond acceptors (Lipinski definition) is 4. The van der Waals surface area contributed by atoms with E-state index in [1.807, 2.05) is 6.92 Å². The van der Waals surface area contributed by atoms with E-state index in [4.69, 9.17) is 4.74 Å². The van der Waals surface area contributed by atoms with E-state index in [0.29, 0.717) is 26.0 Å². The lowest BCUT2D eigenvalue weighted by Gasteiger charge is -2.31. The molecule has 128 valence electrons. The molecular formula is C16H24N2O4S. The molecule has 0 spiro atoms. The first kappa shape index (κ1) is 17.9. The van der Waals surface area contributed by atoms with E-state index < -0.39 is 10.0 Å². The van der Waals surface area contributed by atoms with Crippen molar-refractivity contribution >= 4 is 15.9 Å². The zero-order valence-corrected chi connectivity index (χ0v) is 14.4. The average Bonchev–Trinajstić information content (AvgIpc) is 2.56. The molecule has 23 heavy (non-hydrogen) atoms. The third-order valence-corrected chi connectivity index (χ3v) is 5.82. The molecule has 0 aromatic heterocycles. The Morgan fingerprint density at radius 2 is 2.09 bits per heavy atom. The number of rotatable bonds is 6. The summed E-state index contributed by atoms with van der Waals surface area (Å²) in [6.07, 6.45) is 1.38. The monoisotopic (exact) mass is 340 g/mol. The third kappa shape index (κ3) is 4.53. The molecule has 0 saturated carbocycles. The van der Waals surface area contributed by atoms with Crippen LogP contribution in [0, 0.1) is 5.92 Å². The first-order chi connectivity index (χ1) is 10.9. The molecule has 0 aliphatic carbocycles. The number of carbonyl (C=O) groups is 1. The normalized spacial score (nSPS) is 20.9. The van der Waals surface area contributed by atoms with Gasteiger partial charge in [-0.3, -0.25) is 4.79 Å². The van der Waals surface area contributed by atoms with Crippen LogP contribution in [0.15, 0.2) is 35.2 Å². The fourth-order valence-electron chi connectivity index (χ4n) is 2.77. The summed E-state index contributed by atoms with van der Waals surface area (Å²) in [7, 11) is -1.96. The maximum absolute atomic E-state index is 12.7. The van der Waals surface area contributed by atoms with Gasteiger partial charge in [-0.15, -0.1) is 0 Å². The predicted octanol–water partition coefficient (Wildman–Crippen LogP) is 1.24. The van der Waals surface area contributed by atoms with E-state index in [0.717, 1.165) is 0 Å². The molecule has 1 aliphatic heterocycles. The van der Waals surface area contributed by atoms with Crippen LogP contribution < -0.4 is 5.32 Å². The minimum absolute atomic E-state index is 0.0893. The quantitative estimate of drug-likeness (QED) is 0.845. The Kier molecular flexibility index (Phi) is 6.15. The van der Waals surface area contributed by atoms with Crippen molar-refractivity contribution in [2.24, 2.45) is 5.92 Å². The fourth-order valence-corrected chi connectivity index (χ4v) is 4.31. The van der Waals surface area contributed by atoms with Gasteiger partial charge in [-0.2, -0.15) is 4.31 Å². The van der Waals surface area contributed by atoms with Crippen LogP contribution in [0.5, 0.6) is 0 Å². The molecule has 0 bridgehead atoms. The maximum Gasteiger partial charge on any atom is 0.243 e. The molecule has 1 aromatic carbocycles. The number of benzene rings is 1. The Morgan fingerprint density at radius 3 is 2.74 bits per heavy atom. The number of methoxy groups -OCH3 is 1. The molecule has 0 radical (unpaired) electrons. The van der Waals surface area contributed by atoms with Crippen LogP contribution in [-0.2, 0) is 19.6 Å². The molecule has 2 atom stereocenters. The van der Waals surface area contributed by atoms with Crippen molar-refractivity contribution in [3.05, 3.63) is 30.3 Å². The molecule has 1 aromatic rings. The lowest BCUT2D eigenvalue weighted by Crippen LogP contribution is -2.47. The minimum atomic E-state index is -3.54. The molecule has 2 rings (SSSR count). The molecule has 7 heteroatoms. The first-order valence-electron chi connectivity index (χ1n) is 7.79. The Morgan fingerprint density at radius 1 is 1.39 bits per heavy atom. The Hall–Kier alpha value is -1.44. The fraction of sp³-hybridized carbons (Fsp3) is 0.562. The summed E-state index contributed by atoms with van der Waals surface area (Å²) in [5, 5.41) is 2.88. The molecule has 1 heterocycles. The van der Waals surface area contributed by atoms with Crippen molar-refractivity contribution in [2.45, 2.75) is 30.7 Å². The number of nitrogens with one attached hydrogen (secondary N) is 1. The lowest BCUT2D eigenvalue weighted by molar-refractivity contribution is -0.127. The van der Waals surface area contributed by atoms with Gasteiger partial charge in [0, 0.05) is 26.2 Å². The van der Waals surface area contributed by atoms with Crippen LogP contribution in [0.1, 0.15) is 19.8 Å². The summed E-state index contributed by atoms with van der Waals surface area (Å²) in [6, 6.07) is 8.26. The average molecular weight is 340 g/mol. The number of ether oxygens (including phenoxy) is 1. The number of piperidine rings is 1. The smallest absolute Gasteiger partial charge is 0.243 e. The molecule has 1 aliphatic rings. The van der Waals surface area contributed by atoms with Gasteiger partial charge in [0.05, 0.1) is 17.4 Å². The van der Waals surface area contributed by atoms with Gasteiger partial charge in [-0.05, 0) is 31.9 Å².